The Morgan fingerprint density at radius 2 is 1.81 bits per heavy atom. The minimum Gasteiger partial charge on any atom is -0.440 e. The Morgan fingerprint density at radius 1 is 1.19 bits per heavy atom. The molecular formula is C19H25F3N2O3. The molecule has 1 amide bonds. The first-order valence-electron chi connectivity index (χ1n) is 8.81. The van der Waals surface area contributed by atoms with Gasteiger partial charge in [-0.1, -0.05) is 20.8 Å². The maximum absolute atomic E-state index is 12.2. The van der Waals surface area contributed by atoms with Gasteiger partial charge in [-0.25, -0.2) is 4.79 Å². The number of ketones is 1. The number of amides is 1. The minimum atomic E-state index is -4.54. The van der Waals surface area contributed by atoms with Gasteiger partial charge in [-0.2, -0.15) is 13.2 Å². The number of halogens is 3. The normalized spacial score (nSPS) is 17.7. The van der Waals surface area contributed by atoms with Crippen LogP contribution in [0.15, 0.2) is 24.3 Å². The van der Waals surface area contributed by atoms with Crippen molar-refractivity contribution in [2.75, 3.05) is 24.6 Å². The summed E-state index contributed by atoms with van der Waals surface area (Å²) in [6, 6.07) is 6.97. The average Bonchev–Trinajstić information content (AvgIpc) is 2.99. The van der Waals surface area contributed by atoms with Crippen LogP contribution < -0.4 is 10.2 Å². The van der Waals surface area contributed by atoms with Crippen molar-refractivity contribution in [3.05, 3.63) is 29.8 Å². The maximum atomic E-state index is 12.2. The van der Waals surface area contributed by atoms with Crippen LogP contribution in [-0.4, -0.2) is 43.8 Å². The van der Waals surface area contributed by atoms with E-state index >= 15 is 0 Å². The first kappa shape index (κ1) is 21.1. The Kier molecular flexibility index (Phi) is 6.38. The molecule has 1 heterocycles. The van der Waals surface area contributed by atoms with E-state index in [1.807, 2.05) is 37.8 Å². The van der Waals surface area contributed by atoms with Gasteiger partial charge in [0.05, 0.1) is 6.04 Å². The lowest BCUT2D eigenvalue weighted by molar-refractivity contribution is -0.160. The van der Waals surface area contributed by atoms with Crippen LogP contribution in [0.3, 0.4) is 0 Å². The molecule has 1 aromatic carbocycles. The summed E-state index contributed by atoms with van der Waals surface area (Å²) in [5, 5.41) is 2.45. The van der Waals surface area contributed by atoms with Crippen molar-refractivity contribution in [1.82, 2.24) is 5.32 Å². The lowest BCUT2D eigenvalue weighted by Crippen LogP contribution is -2.38. The summed E-state index contributed by atoms with van der Waals surface area (Å²) in [7, 11) is 0. The summed E-state index contributed by atoms with van der Waals surface area (Å²) in [6.07, 6.45) is -4.54. The number of Topliss-reactive ketones (excluding diaryl/α,β-unsaturated/α-hetero) is 1. The number of nitrogens with zero attached hydrogens (tertiary/aromatic N) is 1. The van der Waals surface area contributed by atoms with Crippen molar-refractivity contribution in [3.8, 4) is 0 Å². The second-order valence-electron chi connectivity index (χ2n) is 7.97. The Morgan fingerprint density at radius 3 is 2.37 bits per heavy atom. The molecule has 5 nitrogen and oxygen atoms in total. The van der Waals surface area contributed by atoms with Gasteiger partial charge >= 0.3 is 12.3 Å². The van der Waals surface area contributed by atoms with E-state index < -0.39 is 18.9 Å². The summed E-state index contributed by atoms with van der Waals surface area (Å²) in [6.45, 7) is 5.55. The van der Waals surface area contributed by atoms with Gasteiger partial charge in [0.2, 0.25) is 0 Å². The molecule has 0 aromatic heterocycles. The van der Waals surface area contributed by atoms with E-state index in [0.717, 1.165) is 5.69 Å². The Labute approximate surface area is 156 Å². The highest BCUT2D eigenvalue weighted by Crippen LogP contribution is 2.24. The smallest absolute Gasteiger partial charge is 0.422 e. The Hall–Kier alpha value is -2.25. The molecule has 0 unspecified atom stereocenters. The van der Waals surface area contributed by atoms with E-state index in [4.69, 9.17) is 0 Å². The number of hydrogen-bond donors (Lipinski definition) is 1. The number of nitrogens with one attached hydrogen (secondary N) is 1. The molecule has 1 aromatic rings. The number of benzene rings is 1. The molecule has 0 saturated carbocycles. The van der Waals surface area contributed by atoms with Gasteiger partial charge in [0, 0.05) is 30.8 Å². The molecule has 0 spiro atoms. The van der Waals surface area contributed by atoms with Crippen molar-refractivity contribution in [2.24, 2.45) is 5.41 Å². The number of hydrogen-bond acceptors (Lipinski definition) is 4. The van der Waals surface area contributed by atoms with Crippen LogP contribution in [0.1, 0.15) is 44.0 Å². The van der Waals surface area contributed by atoms with Gasteiger partial charge < -0.3 is 15.0 Å². The van der Waals surface area contributed by atoms with Crippen molar-refractivity contribution in [3.63, 3.8) is 0 Å². The molecule has 150 valence electrons. The first-order valence-corrected chi connectivity index (χ1v) is 8.81. The topological polar surface area (TPSA) is 58.6 Å². The molecule has 0 bridgehead atoms. The fraction of sp³-hybridized carbons (Fsp3) is 0.579. The number of carbonyl (C=O) groups is 2. The molecule has 1 atom stereocenters. The summed E-state index contributed by atoms with van der Waals surface area (Å²) >= 11 is 0. The van der Waals surface area contributed by atoms with Crippen LogP contribution in [0.2, 0.25) is 0 Å². The summed E-state index contributed by atoms with van der Waals surface area (Å²) < 4.78 is 40.3. The predicted molar refractivity (Wildman–Crippen MR) is 96.0 cm³/mol. The van der Waals surface area contributed by atoms with Crippen LogP contribution in [0.4, 0.5) is 23.7 Å². The van der Waals surface area contributed by atoms with Crippen molar-refractivity contribution < 1.29 is 27.5 Å². The highest BCUT2D eigenvalue weighted by molar-refractivity contribution is 5.96. The van der Waals surface area contributed by atoms with Gasteiger partial charge in [0.15, 0.2) is 12.4 Å². The zero-order chi connectivity index (χ0) is 20.2. The molecule has 2 rings (SSSR count). The second kappa shape index (κ2) is 8.19. The fourth-order valence-corrected chi connectivity index (χ4v) is 2.91. The van der Waals surface area contributed by atoms with Gasteiger partial charge in [-0.3, -0.25) is 4.79 Å². The molecule has 8 heteroatoms. The van der Waals surface area contributed by atoms with E-state index in [9.17, 15) is 22.8 Å². The first-order chi connectivity index (χ1) is 12.4. The number of ether oxygens (including phenoxy) is 1. The summed E-state index contributed by atoms with van der Waals surface area (Å²) in [5.41, 5.74) is 1.47. The van der Waals surface area contributed by atoms with E-state index in [1.54, 1.807) is 12.1 Å². The monoisotopic (exact) mass is 386 g/mol. The van der Waals surface area contributed by atoms with Gasteiger partial charge in [-0.15, -0.1) is 0 Å². The van der Waals surface area contributed by atoms with E-state index in [0.29, 0.717) is 31.5 Å². The van der Waals surface area contributed by atoms with Gasteiger partial charge in [0.1, 0.15) is 0 Å². The third-order valence-corrected chi connectivity index (χ3v) is 4.12. The number of rotatable bonds is 5. The number of anilines is 1. The lowest BCUT2D eigenvalue weighted by atomic mass is 9.88. The van der Waals surface area contributed by atoms with Crippen LogP contribution in [0.25, 0.3) is 0 Å². The average molecular weight is 386 g/mol. The van der Waals surface area contributed by atoms with Gasteiger partial charge in [0.25, 0.3) is 0 Å². The molecule has 0 aliphatic carbocycles. The zero-order valence-corrected chi connectivity index (χ0v) is 15.7. The predicted octanol–water partition coefficient (Wildman–Crippen LogP) is 4.17. The highest BCUT2D eigenvalue weighted by Gasteiger charge is 2.31. The highest BCUT2D eigenvalue weighted by atomic mass is 19.4. The van der Waals surface area contributed by atoms with Crippen molar-refractivity contribution in [1.29, 1.82) is 0 Å². The fourth-order valence-electron chi connectivity index (χ4n) is 2.91. The molecule has 1 saturated heterocycles. The largest absolute Gasteiger partial charge is 0.440 e. The number of alkyl carbamates (subject to hydrolysis) is 1. The molecule has 1 N–H and O–H groups in total. The second-order valence-corrected chi connectivity index (χ2v) is 7.97. The van der Waals surface area contributed by atoms with Crippen LogP contribution in [0, 0.1) is 5.41 Å². The number of alkyl halides is 3. The van der Waals surface area contributed by atoms with Gasteiger partial charge in [-0.05, 0) is 36.1 Å². The molecule has 27 heavy (non-hydrogen) atoms. The molecular weight excluding hydrogens is 361 g/mol. The van der Waals surface area contributed by atoms with E-state index in [-0.39, 0.29) is 17.2 Å². The van der Waals surface area contributed by atoms with Crippen LogP contribution in [0.5, 0.6) is 0 Å². The van der Waals surface area contributed by atoms with Crippen LogP contribution >= 0.6 is 0 Å². The zero-order valence-electron chi connectivity index (χ0n) is 15.7. The number of carbonyl (C=O) groups excluding carboxylic acids is 2. The molecule has 0 radical (unpaired) electrons. The third kappa shape index (κ3) is 7.11. The standard InChI is InChI=1S/C19H25F3N2O3/c1-18(2,3)10-16(25)13-4-6-15(7-5-13)24-9-8-14(11-24)23-17(26)27-12-19(20,21)22/h4-7,14H,8-12H2,1-3H3,(H,23,26)/t14-/m0/s1. The van der Waals surface area contributed by atoms with Crippen molar-refractivity contribution in [2.45, 2.75) is 45.8 Å². The summed E-state index contributed by atoms with van der Waals surface area (Å²) in [5.74, 6) is 0.0856. The molecule has 1 aliphatic rings. The minimum absolute atomic E-state index is 0.0790. The van der Waals surface area contributed by atoms with E-state index in [2.05, 4.69) is 10.1 Å². The SMILES string of the molecule is CC(C)(C)CC(=O)c1ccc(N2CC[C@H](NC(=O)OCC(F)(F)F)C2)cc1. The maximum Gasteiger partial charge on any atom is 0.422 e. The molecule has 1 fully saturated rings. The Bertz CT molecular complexity index is 666. The van der Waals surface area contributed by atoms with E-state index in [1.165, 1.54) is 0 Å². The lowest BCUT2D eigenvalue weighted by Gasteiger charge is -2.20. The Balaban J connectivity index is 1.86. The van der Waals surface area contributed by atoms with Crippen LogP contribution in [-0.2, 0) is 4.74 Å². The quantitative estimate of drug-likeness (QED) is 0.772. The molecule has 1 aliphatic heterocycles. The van der Waals surface area contributed by atoms with Crippen molar-refractivity contribution >= 4 is 17.6 Å². The third-order valence-electron chi connectivity index (χ3n) is 4.12. The summed E-state index contributed by atoms with van der Waals surface area (Å²) in [4.78, 5) is 25.7.